The molecule has 0 aliphatic heterocycles. The van der Waals surface area contributed by atoms with Gasteiger partial charge < -0.3 is 0 Å². The van der Waals surface area contributed by atoms with Crippen molar-refractivity contribution < 1.29 is 0 Å². The molecule has 0 saturated carbocycles. The molecule has 0 saturated heterocycles. The summed E-state index contributed by atoms with van der Waals surface area (Å²) in [5.74, 6) is 0. The third-order valence-electron chi connectivity index (χ3n) is 0. The Morgan fingerprint density at radius 2 is 1.00 bits per heavy atom. The topological polar surface area (TPSA) is 0 Å². The summed E-state index contributed by atoms with van der Waals surface area (Å²) in [7, 11) is 0. The van der Waals surface area contributed by atoms with E-state index < -0.39 is 0 Å². The molecule has 0 aromatic heterocycles. The summed E-state index contributed by atoms with van der Waals surface area (Å²) in [5.41, 5.74) is 0. The van der Waals surface area contributed by atoms with Crippen molar-refractivity contribution >= 4 is 56.1 Å². The van der Waals surface area contributed by atoms with Crippen LogP contribution in [0, 0.1) is 0 Å². The van der Waals surface area contributed by atoms with Crippen molar-refractivity contribution in [1.82, 2.24) is 0 Å². The molecule has 25 valence electrons. The van der Waals surface area contributed by atoms with Crippen LogP contribution in [0.5, 0.6) is 0 Å². The summed E-state index contributed by atoms with van der Waals surface area (Å²) >= 11 is 0. The maximum absolute atomic E-state index is 0. The SMILES string of the molecule is P.[AsH3].[B].[GaH3]. The monoisotopic (exact) mass is 195 g/mol. The Balaban J connectivity index is 0. The third-order valence-corrected chi connectivity index (χ3v) is 0. The van der Waals surface area contributed by atoms with E-state index in [1.165, 1.54) is 0 Å². The molecule has 0 amide bonds. The van der Waals surface area contributed by atoms with Crippen LogP contribution in [-0.2, 0) is 0 Å². The molecule has 0 bridgehead atoms. The molecule has 0 aromatic rings. The zero-order valence-corrected chi connectivity index (χ0v) is 6.37. The van der Waals surface area contributed by atoms with Crippen LogP contribution in [0.2, 0.25) is 0 Å². The summed E-state index contributed by atoms with van der Waals surface area (Å²) in [6.07, 6.45) is 0. The average Bonchev–Trinajstić information content (AvgIpc) is 0. The van der Waals surface area contributed by atoms with Gasteiger partial charge in [0.2, 0.25) is 0 Å². The van der Waals surface area contributed by atoms with E-state index in [1.807, 2.05) is 0 Å². The molecular weight excluding hydrogens is 186 g/mol. The van der Waals surface area contributed by atoms with E-state index in [9.17, 15) is 0 Å². The van der Waals surface area contributed by atoms with E-state index in [4.69, 9.17) is 0 Å². The van der Waals surface area contributed by atoms with Crippen LogP contribution >= 0.6 is 9.90 Å². The van der Waals surface area contributed by atoms with Crippen molar-refractivity contribution in [3.8, 4) is 0 Å². The minimum atomic E-state index is 0. The van der Waals surface area contributed by atoms with Gasteiger partial charge in [0.25, 0.3) is 0 Å². The summed E-state index contributed by atoms with van der Waals surface area (Å²) in [6, 6.07) is 0. The van der Waals surface area contributed by atoms with Gasteiger partial charge in [0.1, 0.15) is 0 Å². The predicted octanol–water partition coefficient (Wildman–Crippen LogP) is -2.69. The maximum atomic E-state index is 0. The van der Waals surface area contributed by atoms with E-state index in [2.05, 4.69) is 0 Å². The Labute approximate surface area is 56.1 Å². The van der Waals surface area contributed by atoms with Crippen molar-refractivity contribution in [1.29, 1.82) is 0 Å². The van der Waals surface area contributed by atoms with Gasteiger partial charge in [-0.3, -0.25) is 0 Å². The predicted molar refractivity (Wildman–Crippen MR) is 36.7 cm³/mol. The van der Waals surface area contributed by atoms with E-state index in [0.717, 1.165) is 0 Å². The second-order valence-corrected chi connectivity index (χ2v) is 0. The van der Waals surface area contributed by atoms with Crippen molar-refractivity contribution in [3.05, 3.63) is 0 Å². The fourth-order valence-electron chi connectivity index (χ4n) is 0. The van der Waals surface area contributed by atoms with Crippen LogP contribution in [0.15, 0.2) is 0 Å². The third kappa shape index (κ3) is 9.35. The van der Waals surface area contributed by atoms with Gasteiger partial charge in [0.05, 0.1) is 0 Å². The Morgan fingerprint density at radius 3 is 1.00 bits per heavy atom. The van der Waals surface area contributed by atoms with Gasteiger partial charge >= 0.3 is 37.7 Å². The first-order chi connectivity index (χ1) is 0. The van der Waals surface area contributed by atoms with E-state index in [0.29, 0.717) is 0 Å². The first kappa shape index (κ1) is 43.8. The van der Waals surface area contributed by atoms with Crippen LogP contribution in [0.1, 0.15) is 0 Å². The van der Waals surface area contributed by atoms with Gasteiger partial charge in [-0.05, 0) is 0 Å². The average molecular weight is 196 g/mol. The molecule has 2 atom stereocenters. The minimum absolute atomic E-state index is 0. The Hall–Kier alpha value is 1.69. The van der Waals surface area contributed by atoms with Gasteiger partial charge in [-0.2, -0.15) is 9.90 Å². The van der Waals surface area contributed by atoms with Crippen molar-refractivity contribution in [2.45, 2.75) is 0 Å². The Bertz CT molecular complexity index is 8.00. The number of hydrogen-bond acceptors (Lipinski definition) is 0. The normalized spacial score (nSPS) is 0. The summed E-state index contributed by atoms with van der Waals surface area (Å²) in [6.45, 7) is 0. The summed E-state index contributed by atoms with van der Waals surface area (Å²) < 4.78 is 0. The van der Waals surface area contributed by atoms with Gasteiger partial charge in [0, 0.05) is 8.41 Å². The zero-order valence-electron chi connectivity index (χ0n) is 1.99. The molecule has 0 N–H and O–H groups in total. The van der Waals surface area contributed by atoms with Crippen LogP contribution in [0.4, 0.5) is 0 Å². The zero-order chi connectivity index (χ0) is 0. The quantitative estimate of drug-likeness (QED) is 0.292. The molecule has 2 unspecified atom stereocenters. The summed E-state index contributed by atoms with van der Waals surface area (Å²) in [5, 5.41) is 0. The Morgan fingerprint density at radius 1 is 1.00 bits per heavy atom. The van der Waals surface area contributed by atoms with Crippen LogP contribution in [-0.4, -0.2) is 46.2 Å². The second kappa shape index (κ2) is 22.4. The molecular formula is H9AsBGaP. The fraction of sp³-hybridized carbons (Fsp3) is 0. The van der Waals surface area contributed by atoms with E-state index in [-0.39, 0.29) is 56.1 Å². The molecule has 0 spiro atoms. The van der Waals surface area contributed by atoms with Crippen LogP contribution in [0.3, 0.4) is 0 Å². The van der Waals surface area contributed by atoms with Crippen LogP contribution in [0.25, 0.3) is 0 Å². The molecule has 4 heteroatoms. The Kier molecular flexibility index (Phi) is 245. The van der Waals surface area contributed by atoms with Crippen molar-refractivity contribution in [3.63, 3.8) is 0 Å². The number of hydrogen-bond donors (Lipinski definition) is 0. The molecule has 4 heavy (non-hydrogen) atoms. The molecule has 3 radical (unpaired) electrons. The molecule has 0 nitrogen and oxygen atoms in total. The second-order valence-electron chi connectivity index (χ2n) is 0. The van der Waals surface area contributed by atoms with Crippen LogP contribution < -0.4 is 0 Å². The molecule has 0 aromatic carbocycles. The van der Waals surface area contributed by atoms with Gasteiger partial charge in [-0.25, -0.2) is 0 Å². The van der Waals surface area contributed by atoms with Gasteiger partial charge in [-0.1, -0.05) is 0 Å². The van der Waals surface area contributed by atoms with Crippen molar-refractivity contribution in [2.24, 2.45) is 0 Å². The summed E-state index contributed by atoms with van der Waals surface area (Å²) in [4.78, 5) is 0. The van der Waals surface area contributed by atoms with Crippen molar-refractivity contribution in [2.75, 3.05) is 0 Å². The first-order valence-corrected chi connectivity index (χ1v) is 0. The van der Waals surface area contributed by atoms with Gasteiger partial charge in [-0.15, -0.1) is 0 Å². The van der Waals surface area contributed by atoms with E-state index >= 15 is 0 Å². The standard InChI is InChI=1S/AsH3.B.Ga.H3P.3H/h1H3;;;1H3;;;. The molecule has 0 heterocycles. The fourth-order valence-corrected chi connectivity index (χ4v) is 0. The molecule has 0 aliphatic rings. The van der Waals surface area contributed by atoms with Gasteiger partial charge in [0.15, 0.2) is 0 Å². The first-order valence-electron chi connectivity index (χ1n) is 0. The molecule has 0 aliphatic carbocycles. The van der Waals surface area contributed by atoms with E-state index in [1.54, 1.807) is 0 Å². The molecule has 0 fully saturated rings. The number of rotatable bonds is 0. The molecule has 0 rings (SSSR count).